The molecule has 0 saturated carbocycles. The molecule has 0 N–H and O–H groups in total. The molecular formula is C18H28N4O6S2. The summed E-state index contributed by atoms with van der Waals surface area (Å²) in [4.78, 5) is 16.5. The lowest BCUT2D eigenvalue weighted by atomic mass is 10.3. The molecule has 10 nitrogen and oxygen atoms in total. The number of carbonyl (C=O) groups is 1. The first-order valence-corrected chi connectivity index (χ1v) is 13.0. The normalized spacial score (nSPS) is 19.6. The number of piperazine rings is 1. The standard InChI is InChI=1S/C18H28N4O6S2/c1-19-7-9-20(10-8-19)18(23)15-22(29(2,24)25)16-3-5-17(6-4-16)30(26,27)21-11-13-28-14-12-21/h3-6H,7-15H2,1-2H3. The highest BCUT2D eigenvalue weighted by Crippen LogP contribution is 2.23. The number of benzene rings is 1. The van der Waals surface area contributed by atoms with Crippen LogP contribution in [0.3, 0.4) is 0 Å². The van der Waals surface area contributed by atoms with Crippen LogP contribution in [0.15, 0.2) is 29.2 Å². The van der Waals surface area contributed by atoms with Gasteiger partial charge in [0.1, 0.15) is 6.54 Å². The van der Waals surface area contributed by atoms with Gasteiger partial charge in [0.05, 0.1) is 30.1 Å². The van der Waals surface area contributed by atoms with Crippen LogP contribution in [0.2, 0.25) is 0 Å². The number of sulfonamides is 2. The summed E-state index contributed by atoms with van der Waals surface area (Å²) in [5, 5.41) is 0. The Labute approximate surface area is 178 Å². The molecule has 2 heterocycles. The van der Waals surface area contributed by atoms with Crippen LogP contribution in [0.1, 0.15) is 0 Å². The van der Waals surface area contributed by atoms with Crippen molar-refractivity contribution >= 4 is 31.6 Å². The molecule has 0 unspecified atom stereocenters. The minimum Gasteiger partial charge on any atom is -0.379 e. The number of amides is 1. The van der Waals surface area contributed by atoms with E-state index in [1.54, 1.807) is 4.90 Å². The third kappa shape index (κ3) is 5.30. The lowest BCUT2D eigenvalue weighted by Crippen LogP contribution is -2.50. The van der Waals surface area contributed by atoms with Gasteiger partial charge in [-0.15, -0.1) is 0 Å². The average Bonchev–Trinajstić information content (AvgIpc) is 2.72. The number of nitrogens with zero attached hydrogens (tertiary/aromatic N) is 4. The number of ether oxygens (including phenoxy) is 1. The first-order valence-electron chi connectivity index (χ1n) is 9.71. The van der Waals surface area contributed by atoms with E-state index in [0.29, 0.717) is 26.3 Å². The van der Waals surface area contributed by atoms with Gasteiger partial charge >= 0.3 is 0 Å². The highest BCUT2D eigenvalue weighted by molar-refractivity contribution is 7.92. The van der Waals surface area contributed by atoms with Crippen molar-refractivity contribution in [1.29, 1.82) is 0 Å². The predicted octanol–water partition coefficient (Wildman–Crippen LogP) is -0.752. The Balaban J connectivity index is 1.77. The summed E-state index contributed by atoms with van der Waals surface area (Å²) in [5.74, 6) is -0.279. The molecule has 1 aromatic carbocycles. The fraction of sp³-hybridized carbons (Fsp3) is 0.611. The Hall–Kier alpha value is -1.73. The van der Waals surface area contributed by atoms with Crippen molar-refractivity contribution in [1.82, 2.24) is 14.1 Å². The topological polar surface area (TPSA) is 108 Å². The zero-order chi connectivity index (χ0) is 21.9. The first-order chi connectivity index (χ1) is 14.1. The minimum atomic E-state index is -3.73. The lowest BCUT2D eigenvalue weighted by Gasteiger charge is -2.34. The number of hydrogen-bond acceptors (Lipinski definition) is 7. The molecule has 2 aliphatic rings. The van der Waals surface area contributed by atoms with Crippen molar-refractivity contribution in [2.45, 2.75) is 4.90 Å². The number of anilines is 1. The summed E-state index contributed by atoms with van der Waals surface area (Å²) in [7, 11) is -5.44. The number of hydrogen-bond donors (Lipinski definition) is 0. The van der Waals surface area contributed by atoms with Crippen LogP contribution in [0.25, 0.3) is 0 Å². The molecule has 0 aliphatic carbocycles. The maximum atomic E-state index is 12.7. The van der Waals surface area contributed by atoms with Crippen molar-refractivity contribution < 1.29 is 26.4 Å². The van der Waals surface area contributed by atoms with Gasteiger partial charge in [-0.1, -0.05) is 0 Å². The monoisotopic (exact) mass is 460 g/mol. The summed E-state index contributed by atoms with van der Waals surface area (Å²) in [6.07, 6.45) is 1.03. The van der Waals surface area contributed by atoms with Crippen LogP contribution in [0.5, 0.6) is 0 Å². The summed E-state index contributed by atoms with van der Waals surface area (Å²) < 4.78 is 57.7. The van der Waals surface area contributed by atoms with E-state index in [1.165, 1.54) is 28.6 Å². The second-order valence-corrected chi connectivity index (χ2v) is 11.3. The van der Waals surface area contributed by atoms with Crippen molar-refractivity contribution in [3.63, 3.8) is 0 Å². The SMILES string of the molecule is CN1CCN(C(=O)CN(c2ccc(S(=O)(=O)N3CCOCC3)cc2)S(C)(=O)=O)CC1. The van der Waals surface area contributed by atoms with Gasteiger partial charge in [-0.2, -0.15) is 4.31 Å². The van der Waals surface area contributed by atoms with Crippen molar-refractivity contribution in [2.75, 3.05) is 76.6 Å². The number of likely N-dealkylation sites (N-methyl/N-ethyl adjacent to an activating group) is 1. The van der Waals surface area contributed by atoms with Crippen molar-refractivity contribution in [3.8, 4) is 0 Å². The van der Waals surface area contributed by atoms with Crippen LogP contribution in [-0.4, -0.2) is 109 Å². The number of morpholine rings is 1. The molecular weight excluding hydrogens is 432 g/mol. The lowest BCUT2D eigenvalue weighted by molar-refractivity contribution is -0.131. The Morgan fingerprint density at radius 1 is 0.967 bits per heavy atom. The zero-order valence-electron chi connectivity index (χ0n) is 17.2. The fourth-order valence-electron chi connectivity index (χ4n) is 3.40. The molecule has 12 heteroatoms. The van der Waals surface area contributed by atoms with Gasteiger partial charge in [-0.25, -0.2) is 16.8 Å². The van der Waals surface area contributed by atoms with E-state index < -0.39 is 20.0 Å². The fourth-order valence-corrected chi connectivity index (χ4v) is 5.66. The molecule has 0 spiro atoms. The second-order valence-electron chi connectivity index (χ2n) is 7.46. The quantitative estimate of drug-likeness (QED) is 0.550. The van der Waals surface area contributed by atoms with Gasteiger partial charge < -0.3 is 14.5 Å². The molecule has 0 radical (unpaired) electrons. The molecule has 1 aromatic rings. The molecule has 2 fully saturated rings. The van der Waals surface area contributed by atoms with Crippen LogP contribution in [0, 0.1) is 0 Å². The van der Waals surface area contributed by atoms with Gasteiger partial charge in [0.15, 0.2) is 0 Å². The molecule has 30 heavy (non-hydrogen) atoms. The zero-order valence-corrected chi connectivity index (χ0v) is 18.9. The highest BCUT2D eigenvalue weighted by Gasteiger charge is 2.28. The maximum absolute atomic E-state index is 12.7. The molecule has 0 bridgehead atoms. The smallest absolute Gasteiger partial charge is 0.243 e. The van der Waals surface area contributed by atoms with Crippen LogP contribution in [-0.2, 0) is 29.6 Å². The number of carbonyl (C=O) groups excluding carboxylic acids is 1. The molecule has 168 valence electrons. The van der Waals surface area contributed by atoms with E-state index in [1.807, 2.05) is 7.05 Å². The molecule has 0 aromatic heterocycles. The summed E-state index contributed by atoms with van der Waals surface area (Å²) in [6.45, 7) is 3.47. The Morgan fingerprint density at radius 2 is 1.53 bits per heavy atom. The van der Waals surface area contributed by atoms with E-state index in [0.717, 1.165) is 23.7 Å². The number of rotatable bonds is 6. The Kier molecular flexibility index (Phi) is 7.02. The van der Waals surface area contributed by atoms with Gasteiger partial charge in [-0.05, 0) is 31.3 Å². The third-order valence-electron chi connectivity index (χ3n) is 5.27. The summed E-state index contributed by atoms with van der Waals surface area (Å²) in [5.41, 5.74) is 0.251. The van der Waals surface area contributed by atoms with Gasteiger partial charge in [0, 0.05) is 39.3 Å². The second kappa shape index (κ2) is 9.18. The van der Waals surface area contributed by atoms with Crippen LogP contribution in [0.4, 0.5) is 5.69 Å². The molecule has 3 rings (SSSR count). The summed E-state index contributed by atoms with van der Waals surface area (Å²) in [6, 6.07) is 5.59. The van der Waals surface area contributed by atoms with E-state index in [-0.39, 0.29) is 36.1 Å². The van der Waals surface area contributed by atoms with Gasteiger partial charge in [0.25, 0.3) is 0 Å². The van der Waals surface area contributed by atoms with Crippen LogP contribution >= 0.6 is 0 Å². The molecule has 2 aliphatic heterocycles. The van der Waals surface area contributed by atoms with Crippen molar-refractivity contribution in [2.24, 2.45) is 0 Å². The Morgan fingerprint density at radius 3 is 2.07 bits per heavy atom. The van der Waals surface area contributed by atoms with E-state index >= 15 is 0 Å². The Bertz CT molecular complexity index is 951. The van der Waals surface area contributed by atoms with E-state index in [2.05, 4.69) is 4.90 Å². The van der Waals surface area contributed by atoms with Gasteiger partial charge in [-0.3, -0.25) is 9.10 Å². The largest absolute Gasteiger partial charge is 0.379 e. The summed E-state index contributed by atoms with van der Waals surface area (Å²) >= 11 is 0. The van der Waals surface area contributed by atoms with Crippen molar-refractivity contribution in [3.05, 3.63) is 24.3 Å². The third-order valence-corrected chi connectivity index (χ3v) is 8.32. The minimum absolute atomic E-state index is 0.0759. The molecule has 0 atom stereocenters. The van der Waals surface area contributed by atoms with Gasteiger partial charge in [0.2, 0.25) is 26.0 Å². The first kappa shape index (κ1) is 22.9. The molecule has 2 saturated heterocycles. The predicted molar refractivity (Wildman–Crippen MR) is 112 cm³/mol. The average molecular weight is 461 g/mol. The van der Waals surface area contributed by atoms with E-state index in [4.69, 9.17) is 4.74 Å². The maximum Gasteiger partial charge on any atom is 0.243 e. The van der Waals surface area contributed by atoms with Crippen LogP contribution < -0.4 is 4.31 Å². The van der Waals surface area contributed by atoms with E-state index in [9.17, 15) is 21.6 Å². The molecule has 1 amide bonds. The highest BCUT2D eigenvalue weighted by atomic mass is 32.2.